The van der Waals surface area contributed by atoms with Crippen LogP contribution in [0.25, 0.3) is 0 Å². The third kappa shape index (κ3) is 3.60. The highest BCUT2D eigenvalue weighted by molar-refractivity contribution is 5.95. The average Bonchev–Trinajstić information content (AvgIpc) is 3.23. The van der Waals surface area contributed by atoms with E-state index in [1.807, 2.05) is 36.1 Å². The Kier molecular flexibility index (Phi) is 5.16. The molecule has 2 amide bonds. The van der Waals surface area contributed by atoms with Crippen molar-refractivity contribution < 1.29 is 14.3 Å². The molecule has 0 radical (unpaired) electrons. The van der Waals surface area contributed by atoms with Crippen molar-refractivity contribution in [3.05, 3.63) is 29.8 Å². The number of benzene rings is 1. The van der Waals surface area contributed by atoms with Crippen molar-refractivity contribution in [2.24, 2.45) is 5.73 Å². The fourth-order valence-electron chi connectivity index (χ4n) is 3.33. The number of anilines is 1. The maximum Gasteiger partial charge on any atom is 0.249 e. The number of carbonyl (C=O) groups is 2. The Hall–Kier alpha value is -1.92. The second-order valence-electron chi connectivity index (χ2n) is 6.53. The number of hydrogen-bond acceptors (Lipinski definition) is 4. The third-order valence-electron chi connectivity index (χ3n) is 4.80. The predicted molar refractivity (Wildman–Crippen MR) is 91.5 cm³/mol. The van der Waals surface area contributed by atoms with E-state index in [0.717, 1.165) is 37.1 Å². The first-order chi connectivity index (χ1) is 11.6. The second kappa shape index (κ2) is 7.32. The van der Waals surface area contributed by atoms with E-state index in [2.05, 4.69) is 5.32 Å². The van der Waals surface area contributed by atoms with Gasteiger partial charge in [0.1, 0.15) is 6.10 Å². The van der Waals surface area contributed by atoms with Crippen LogP contribution in [0.4, 0.5) is 5.69 Å². The van der Waals surface area contributed by atoms with Gasteiger partial charge in [0, 0.05) is 25.2 Å². The molecular weight excluding hydrogens is 306 g/mol. The smallest absolute Gasteiger partial charge is 0.249 e. The fourth-order valence-corrected chi connectivity index (χ4v) is 3.33. The molecule has 3 rings (SSSR count). The molecule has 2 aliphatic heterocycles. The van der Waals surface area contributed by atoms with Gasteiger partial charge in [0.15, 0.2) is 0 Å². The minimum Gasteiger partial charge on any atom is -0.364 e. The van der Waals surface area contributed by atoms with Crippen LogP contribution in [0, 0.1) is 0 Å². The van der Waals surface area contributed by atoms with Gasteiger partial charge in [-0.1, -0.05) is 12.1 Å². The Morgan fingerprint density at radius 1 is 1.38 bits per heavy atom. The maximum absolute atomic E-state index is 12.3. The summed E-state index contributed by atoms with van der Waals surface area (Å²) in [6, 6.07) is 7.70. The van der Waals surface area contributed by atoms with Gasteiger partial charge >= 0.3 is 0 Å². The van der Waals surface area contributed by atoms with E-state index in [4.69, 9.17) is 10.5 Å². The van der Waals surface area contributed by atoms with Gasteiger partial charge in [0.25, 0.3) is 0 Å². The van der Waals surface area contributed by atoms with Crippen molar-refractivity contribution in [1.82, 2.24) is 5.32 Å². The lowest BCUT2D eigenvalue weighted by atomic mass is 10.1. The second-order valence-corrected chi connectivity index (χ2v) is 6.53. The van der Waals surface area contributed by atoms with Crippen LogP contribution in [0.3, 0.4) is 0 Å². The molecule has 2 aliphatic rings. The first-order valence-corrected chi connectivity index (χ1v) is 8.64. The van der Waals surface area contributed by atoms with Gasteiger partial charge in [0.05, 0.1) is 12.1 Å². The highest BCUT2D eigenvalue weighted by atomic mass is 16.5. The van der Waals surface area contributed by atoms with Gasteiger partial charge in [-0.25, -0.2) is 0 Å². The molecule has 0 spiro atoms. The first kappa shape index (κ1) is 16.9. The molecule has 24 heavy (non-hydrogen) atoms. The Morgan fingerprint density at radius 2 is 2.12 bits per heavy atom. The molecule has 3 N–H and O–H groups in total. The summed E-state index contributed by atoms with van der Waals surface area (Å²) in [5, 5.41) is 3.00. The molecule has 6 nitrogen and oxygen atoms in total. The van der Waals surface area contributed by atoms with Crippen LogP contribution in [0.15, 0.2) is 24.3 Å². The topological polar surface area (TPSA) is 84.7 Å². The molecular formula is C18H25N3O3. The quantitative estimate of drug-likeness (QED) is 0.856. The van der Waals surface area contributed by atoms with Crippen molar-refractivity contribution in [3.8, 4) is 0 Å². The molecule has 6 heteroatoms. The zero-order valence-corrected chi connectivity index (χ0v) is 14.0. The van der Waals surface area contributed by atoms with Crippen LogP contribution in [-0.4, -0.2) is 37.1 Å². The first-order valence-electron chi connectivity index (χ1n) is 8.64. The molecule has 2 heterocycles. The van der Waals surface area contributed by atoms with Gasteiger partial charge < -0.3 is 20.7 Å². The Bertz CT molecular complexity index is 602. The highest BCUT2D eigenvalue weighted by Gasteiger charge is 2.30. The standard InChI is InChI=1S/C18H25N3O3/c1-12(20-18(23)16-9-8-15(11-19)24-16)13-4-6-14(7-5-13)21-10-2-3-17(21)22/h4-7,12,15-16H,2-3,8-11,19H2,1H3,(H,20,23)/t12?,15-,16+/m1/s1. The number of carbonyl (C=O) groups excluding carboxylic acids is 2. The van der Waals surface area contributed by atoms with E-state index in [-0.39, 0.29) is 24.0 Å². The van der Waals surface area contributed by atoms with E-state index in [1.54, 1.807) is 0 Å². The predicted octanol–water partition coefficient (Wildman–Crippen LogP) is 1.50. The fraction of sp³-hybridized carbons (Fsp3) is 0.556. The van der Waals surface area contributed by atoms with Crippen LogP contribution >= 0.6 is 0 Å². The molecule has 2 fully saturated rings. The van der Waals surface area contributed by atoms with Crippen molar-refractivity contribution >= 4 is 17.5 Å². The van der Waals surface area contributed by atoms with Gasteiger partial charge in [0.2, 0.25) is 11.8 Å². The molecule has 3 atom stereocenters. The Morgan fingerprint density at radius 3 is 2.71 bits per heavy atom. The number of nitrogens with zero attached hydrogens (tertiary/aromatic N) is 1. The zero-order chi connectivity index (χ0) is 17.1. The summed E-state index contributed by atoms with van der Waals surface area (Å²) in [4.78, 5) is 25.9. The van der Waals surface area contributed by atoms with Crippen LogP contribution in [0.1, 0.15) is 44.2 Å². The molecule has 130 valence electrons. The van der Waals surface area contributed by atoms with Crippen molar-refractivity contribution in [2.45, 2.75) is 50.9 Å². The zero-order valence-electron chi connectivity index (χ0n) is 14.0. The van der Waals surface area contributed by atoms with E-state index in [0.29, 0.717) is 13.0 Å². The van der Waals surface area contributed by atoms with E-state index in [9.17, 15) is 9.59 Å². The number of rotatable bonds is 5. The van der Waals surface area contributed by atoms with Gasteiger partial charge in [-0.2, -0.15) is 0 Å². The van der Waals surface area contributed by atoms with E-state index < -0.39 is 6.10 Å². The average molecular weight is 331 g/mol. The SMILES string of the molecule is CC(NC(=O)[C@@H]1CC[C@H](CN)O1)c1ccc(N2CCCC2=O)cc1. The highest BCUT2D eigenvalue weighted by Crippen LogP contribution is 2.24. The number of amides is 2. The molecule has 2 saturated heterocycles. The van der Waals surface area contributed by atoms with Gasteiger partial charge in [-0.05, 0) is 43.9 Å². The lowest BCUT2D eigenvalue weighted by Gasteiger charge is -2.20. The van der Waals surface area contributed by atoms with Gasteiger partial charge in [-0.15, -0.1) is 0 Å². The molecule has 0 saturated carbocycles. The largest absolute Gasteiger partial charge is 0.364 e. The number of nitrogens with two attached hydrogens (primary N) is 1. The summed E-state index contributed by atoms with van der Waals surface area (Å²) in [6.45, 7) is 3.19. The molecule has 0 bridgehead atoms. The Labute approximate surface area is 142 Å². The number of hydrogen-bond donors (Lipinski definition) is 2. The van der Waals surface area contributed by atoms with Crippen molar-refractivity contribution in [2.75, 3.05) is 18.0 Å². The van der Waals surface area contributed by atoms with E-state index in [1.165, 1.54) is 0 Å². The normalized spacial score (nSPS) is 25.1. The summed E-state index contributed by atoms with van der Waals surface area (Å²) in [5.41, 5.74) is 7.51. The van der Waals surface area contributed by atoms with Crippen LogP contribution in [-0.2, 0) is 14.3 Å². The monoisotopic (exact) mass is 331 g/mol. The van der Waals surface area contributed by atoms with Crippen LogP contribution in [0.5, 0.6) is 0 Å². The summed E-state index contributed by atoms with van der Waals surface area (Å²) >= 11 is 0. The van der Waals surface area contributed by atoms with Crippen molar-refractivity contribution in [3.63, 3.8) is 0 Å². The number of ether oxygens (including phenoxy) is 1. The maximum atomic E-state index is 12.3. The summed E-state index contributed by atoms with van der Waals surface area (Å²) in [6.07, 6.45) is 2.69. The molecule has 1 aromatic carbocycles. The van der Waals surface area contributed by atoms with Crippen LogP contribution in [0.2, 0.25) is 0 Å². The van der Waals surface area contributed by atoms with Crippen molar-refractivity contribution in [1.29, 1.82) is 0 Å². The third-order valence-corrected chi connectivity index (χ3v) is 4.80. The van der Waals surface area contributed by atoms with E-state index >= 15 is 0 Å². The number of nitrogens with one attached hydrogen (secondary N) is 1. The lowest BCUT2D eigenvalue weighted by Crippen LogP contribution is -2.37. The summed E-state index contributed by atoms with van der Waals surface area (Å²) in [5.74, 6) is 0.0918. The minimum absolute atomic E-state index is 0.00617. The minimum atomic E-state index is -0.400. The molecule has 1 aromatic rings. The summed E-state index contributed by atoms with van der Waals surface area (Å²) in [7, 11) is 0. The molecule has 1 unspecified atom stereocenters. The lowest BCUT2D eigenvalue weighted by molar-refractivity contribution is -0.132. The molecule has 0 aromatic heterocycles. The molecule has 0 aliphatic carbocycles. The Balaban J connectivity index is 1.58. The van der Waals surface area contributed by atoms with Crippen LogP contribution < -0.4 is 16.0 Å². The summed E-state index contributed by atoms with van der Waals surface area (Å²) < 4.78 is 5.63. The van der Waals surface area contributed by atoms with Gasteiger partial charge in [-0.3, -0.25) is 9.59 Å².